The van der Waals surface area contributed by atoms with Gasteiger partial charge in [-0.2, -0.15) is 0 Å². The summed E-state index contributed by atoms with van der Waals surface area (Å²) in [6, 6.07) is 16.3. The van der Waals surface area contributed by atoms with Crippen LogP contribution in [0.25, 0.3) is 6.08 Å². The molecule has 0 spiro atoms. The number of carbonyl (C=O) groups excluding carboxylic acids is 2. The minimum atomic E-state index is -0.174. The van der Waals surface area contributed by atoms with E-state index in [0.717, 1.165) is 11.3 Å². The van der Waals surface area contributed by atoms with Crippen LogP contribution in [0.15, 0.2) is 60.7 Å². The Bertz CT molecular complexity index is 603. The average molecular weight is 251 g/mol. The number of aldehydes is 1. The summed E-state index contributed by atoms with van der Waals surface area (Å²) >= 11 is 0. The van der Waals surface area contributed by atoms with Crippen LogP contribution in [0.5, 0.6) is 0 Å². The van der Waals surface area contributed by atoms with Gasteiger partial charge in [0.25, 0.3) is 5.91 Å². The molecule has 2 rings (SSSR count). The van der Waals surface area contributed by atoms with Crippen molar-refractivity contribution in [2.45, 2.75) is 0 Å². The number of nitrogens with one attached hydrogen (secondary N) is 1. The molecular weight excluding hydrogens is 238 g/mol. The van der Waals surface area contributed by atoms with Crippen LogP contribution in [0.2, 0.25) is 0 Å². The number of para-hydroxylation sites is 1. The fraction of sp³-hybridized carbons (Fsp3) is 0. The van der Waals surface area contributed by atoms with Crippen LogP contribution in [-0.4, -0.2) is 12.2 Å². The molecule has 0 bridgehead atoms. The molecule has 0 aromatic heterocycles. The lowest BCUT2D eigenvalue weighted by molar-refractivity contribution is -0.104. The van der Waals surface area contributed by atoms with Crippen LogP contribution in [0.4, 0.5) is 5.69 Å². The molecule has 0 saturated carbocycles. The third kappa shape index (κ3) is 3.64. The van der Waals surface area contributed by atoms with E-state index in [1.165, 1.54) is 6.08 Å². The Hall–Kier alpha value is -2.68. The summed E-state index contributed by atoms with van der Waals surface area (Å²) in [5.41, 5.74) is 2.12. The van der Waals surface area contributed by atoms with Crippen molar-refractivity contribution in [2.75, 3.05) is 5.32 Å². The number of amides is 1. The molecular formula is C16H13NO2. The summed E-state index contributed by atoms with van der Waals surface area (Å²) in [5.74, 6) is -0.174. The molecule has 19 heavy (non-hydrogen) atoms. The summed E-state index contributed by atoms with van der Waals surface area (Å²) in [4.78, 5) is 22.3. The van der Waals surface area contributed by atoms with Crippen LogP contribution in [-0.2, 0) is 4.79 Å². The molecule has 1 amide bonds. The molecule has 1 N–H and O–H groups in total. The van der Waals surface area contributed by atoms with Crippen molar-refractivity contribution in [1.29, 1.82) is 0 Å². The molecule has 0 aliphatic heterocycles. The second-order valence-electron chi connectivity index (χ2n) is 3.94. The molecule has 94 valence electrons. The van der Waals surface area contributed by atoms with E-state index in [1.54, 1.807) is 24.3 Å². The third-order valence-electron chi connectivity index (χ3n) is 2.55. The summed E-state index contributed by atoms with van der Waals surface area (Å²) in [7, 11) is 0. The Morgan fingerprint density at radius 3 is 2.53 bits per heavy atom. The van der Waals surface area contributed by atoms with Crippen molar-refractivity contribution in [1.82, 2.24) is 0 Å². The zero-order valence-corrected chi connectivity index (χ0v) is 10.2. The fourth-order valence-electron chi connectivity index (χ4n) is 1.66. The molecule has 0 fully saturated rings. The first-order valence-electron chi connectivity index (χ1n) is 5.88. The molecule has 0 heterocycles. The molecule has 3 nitrogen and oxygen atoms in total. The Labute approximate surface area is 111 Å². The maximum atomic E-state index is 12.0. The molecule has 0 saturated heterocycles. The lowest BCUT2D eigenvalue weighted by atomic mass is 10.1. The van der Waals surface area contributed by atoms with Crippen molar-refractivity contribution >= 4 is 24.0 Å². The first kappa shape index (κ1) is 12.8. The van der Waals surface area contributed by atoms with E-state index in [-0.39, 0.29) is 5.91 Å². The highest BCUT2D eigenvalue weighted by Gasteiger charge is 2.05. The van der Waals surface area contributed by atoms with Gasteiger partial charge in [-0.25, -0.2) is 0 Å². The van der Waals surface area contributed by atoms with Crippen LogP contribution < -0.4 is 5.32 Å². The van der Waals surface area contributed by atoms with E-state index in [0.29, 0.717) is 11.8 Å². The topological polar surface area (TPSA) is 46.2 Å². The van der Waals surface area contributed by atoms with Crippen LogP contribution in [0.1, 0.15) is 15.9 Å². The van der Waals surface area contributed by atoms with E-state index >= 15 is 0 Å². The summed E-state index contributed by atoms with van der Waals surface area (Å²) < 4.78 is 0. The van der Waals surface area contributed by atoms with E-state index in [2.05, 4.69) is 5.32 Å². The predicted molar refractivity (Wildman–Crippen MR) is 75.9 cm³/mol. The van der Waals surface area contributed by atoms with Gasteiger partial charge in [0.15, 0.2) is 0 Å². The van der Waals surface area contributed by atoms with Gasteiger partial charge < -0.3 is 5.32 Å². The Morgan fingerprint density at radius 1 is 1.00 bits per heavy atom. The van der Waals surface area contributed by atoms with Gasteiger partial charge in [0, 0.05) is 11.3 Å². The van der Waals surface area contributed by atoms with Gasteiger partial charge in [-0.05, 0) is 35.9 Å². The molecule has 2 aromatic rings. The number of benzene rings is 2. The largest absolute Gasteiger partial charge is 0.322 e. The zero-order valence-electron chi connectivity index (χ0n) is 10.2. The quantitative estimate of drug-likeness (QED) is 0.670. The molecule has 0 aliphatic carbocycles. The number of allylic oxidation sites excluding steroid dienone is 1. The second-order valence-corrected chi connectivity index (χ2v) is 3.94. The van der Waals surface area contributed by atoms with Gasteiger partial charge in [0.05, 0.1) is 0 Å². The van der Waals surface area contributed by atoms with E-state index in [9.17, 15) is 9.59 Å². The van der Waals surface area contributed by atoms with Gasteiger partial charge in [0.1, 0.15) is 6.29 Å². The average Bonchev–Trinajstić information content (AvgIpc) is 2.46. The monoisotopic (exact) mass is 251 g/mol. The van der Waals surface area contributed by atoms with Crippen LogP contribution in [0.3, 0.4) is 0 Å². The molecule has 0 radical (unpaired) electrons. The van der Waals surface area contributed by atoms with Crippen LogP contribution >= 0.6 is 0 Å². The summed E-state index contributed by atoms with van der Waals surface area (Å²) in [6.07, 6.45) is 3.76. The molecule has 3 heteroatoms. The predicted octanol–water partition coefficient (Wildman–Crippen LogP) is 3.15. The van der Waals surface area contributed by atoms with E-state index < -0.39 is 0 Å². The van der Waals surface area contributed by atoms with Crippen molar-refractivity contribution in [2.24, 2.45) is 0 Å². The van der Waals surface area contributed by atoms with Gasteiger partial charge in [-0.3, -0.25) is 9.59 Å². The van der Waals surface area contributed by atoms with Crippen LogP contribution in [0, 0.1) is 0 Å². The van der Waals surface area contributed by atoms with Crippen molar-refractivity contribution < 1.29 is 9.59 Å². The fourth-order valence-corrected chi connectivity index (χ4v) is 1.66. The third-order valence-corrected chi connectivity index (χ3v) is 2.55. The van der Waals surface area contributed by atoms with E-state index in [4.69, 9.17) is 0 Å². The Morgan fingerprint density at radius 2 is 1.79 bits per heavy atom. The first-order chi connectivity index (χ1) is 9.29. The lowest BCUT2D eigenvalue weighted by Crippen LogP contribution is -2.11. The Kier molecular flexibility index (Phi) is 4.24. The summed E-state index contributed by atoms with van der Waals surface area (Å²) in [5, 5.41) is 2.81. The van der Waals surface area contributed by atoms with Crippen molar-refractivity contribution in [3.05, 3.63) is 71.8 Å². The zero-order chi connectivity index (χ0) is 13.5. The number of hydrogen-bond acceptors (Lipinski definition) is 2. The van der Waals surface area contributed by atoms with Gasteiger partial charge in [0.2, 0.25) is 0 Å². The highest BCUT2D eigenvalue weighted by atomic mass is 16.1. The second kappa shape index (κ2) is 6.31. The Balaban J connectivity index is 2.15. The number of hydrogen-bond donors (Lipinski definition) is 1. The maximum Gasteiger partial charge on any atom is 0.255 e. The summed E-state index contributed by atoms with van der Waals surface area (Å²) in [6.45, 7) is 0. The minimum absolute atomic E-state index is 0.174. The maximum absolute atomic E-state index is 12.0. The number of rotatable bonds is 4. The number of carbonyl (C=O) groups is 2. The lowest BCUT2D eigenvalue weighted by Gasteiger charge is -2.05. The highest BCUT2D eigenvalue weighted by Crippen LogP contribution is 2.11. The standard InChI is InChI=1S/C16H13NO2/c18-11-5-7-13-6-4-8-14(12-13)16(19)17-15-9-2-1-3-10-15/h1-12H,(H,17,19)/b7-5+. The molecule has 2 aromatic carbocycles. The minimum Gasteiger partial charge on any atom is -0.322 e. The highest BCUT2D eigenvalue weighted by molar-refractivity contribution is 6.04. The van der Waals surface area contributed by atoms with Gasteiger partial charge in [-0.1, -0.05) is 36.4 Å². The molecule has 0 unspecified atom stereocenters. The van der Waals surface area contributed by atoms with Crippen molar-refractivity contribution in [3.63, 3.8) is 0 Å². The number of anilines is 1. The normalized spacial score (nSPS) is 10.3. The van der Waals surface area contributed by atoms with Gasteiger partial charge in [-0.15, -0.1) is 0 Å². The smallest absolute Gasteiger partial charge is 0.255 e. The van der Waals surface area contributed by atoms with E-state index in [1.807, 2.05) is 36.4 Å². The van der Waals surface area contributed by atoms with Crippen molar-refractivity contribution in [3.8, 4) is 0 Å². The SMILES string of the molecule is O=C/C=C/c1cccc(C(=O)Nc2ccccc2)c1. The molecule has 0 aliphatic rings. The van der Waals surface area contributed by atoms with Gasteiger partial charge >= 0.3 is 0 Å². The molecule has 0 atom stereocenters. The first-order valence-corrected chi connectivity index (χ1v) is 5.88.